The molecule has 1 atom stereocenters. The summed E-state index contributed by atoms with van der Waals surface area (Å²) in [7, 11) is 0. The number of unbranched alkanes of at least 4 members (excludes halogenated alkanes) is 3. The molecule has 0 aliphatic heterocycles. The SMILES string of the molecule is CCCCCCC(C)Nc1cc(Cl)c(OC(F)F)c(Cl)c1. The Morgan fingerprint density at radius 2 is 1.76 bits per heavy atom. The van der Waals surface area contributed by atoms with Gasteiger partial charge in [0.15, 0.2) is 5.75 Å². The van der Waals surface area contributed by atoms with Crippen LogP contribution in [0.3, 0.4) is 0 Å². The molecule has 0 aromatic heterocycles. The lowest BCUT2D eigenvalue weighted by Crippen LogP contribution is -2.15. The first-order chi connectivity index (χ1) is 9.93. The molecule has 21 heavy (non-hydrogen) atoms. The van der Waals surface area contributed by atoms with Crippen LogP contribution in [0.4, 0.5) is 14.5 Å². The minimum absolute atomic E-state index is 0.0727. The Bertz CT molecular complexity index is 421. The van der Waals surface area contributed by atoms with E-state index >= 15 is 0 Å². The first-order valence-electron chi connectivity index (χ1n) is 7.14. The Hall–Kier alpha value is -0.740. The van der Waals surface area contributed by atoms with Crippen molar-refractivity contribution in [3.63, 3.8) is 0 Å². The molecule has 0 spiro atoms. The quantitative estimate of drug-likeness (QED) is 0.528. The highest BCUT2D eigenvalue weighted by Crippen LogP contribution is 2.37. The molecule has 1 rings (SSSR count). The third kappa shape index (κ3) is 6.70. The number of hydrogen-bond donors (Lipinski definition) is 1. The summed E-state index contributed by atoms with van der Waals surface area (Å²) in [6.45, 7) is 1.29. The van der Waals surface area contributed by atoms with Crippen LogP contribution in [0, 0.1) is 0 Å². The fourth-order valence-corrected chi connectivity index (χ4v) is 2.66. The summed E-state index contributed by atoms with van der Waals surface area (Å²) < 4.78 is 28.8. The molecule has 0 aliphatic carbocycles. The molecule has 2 nitrogen and oxygen atoms in total. The molecule has 0 radical (unpaired) electrons. The van der Waals surface area contributed by atoms with Gasteiger partial charge in [0.25, 0.3) is 0 Å². The van der Waals surface area contributed by atoms with Crippen LogP contribution in [0.2, 0.25) is 10.0 Å². The number of anilines is 1. The molecule has 0 heterocycles. The highest BCUT2D eigenvalue weighted by atomic mass is 35.5. The van der Waals surface area contributed by atoms with Gasteiger partial charge in [0, 0.05) is 11.7 Å². The average molecular weight is 340 g/mol. The standard InChI is InChI=1S/C15H21Cl2F2NO/c1-3-4-5-6-7-10(2)20-11-8-12(16)14(13(17)9-11)21-15(18)19/h8-10,15,20H,3-7H2,1-2H3. The molecule has 0 bridgehead atoms. The van der Waals surface area contributed by atoms with Crippen molar-refractivity contribution in [1.29, 1.82) is 0 Å². The number of ether oxygens (including phenoxy) is 1. The van der Waals surface area contributed by atoms with Gasteiger partial charge in [0.2, 0.25) is 0 Å². The Balaban J connectivity index is 2.60. The molecular formula is C15H21Cl2F2NO. The molecule has 1 aromatic rings. The van der Waals surface area contributed by atoms with Crippen LogP contribution >= 0.6 is 23.2 Å². The normalized spacial score (nSPS) is 12.5. The summed E-state index contributed by atoms with van der Waals surface area (Å²) in [6.07, 6.45) is 5.84. The number of hydrogen-bond acceptors (Lipinski definition) is 2. The second-order valence-electron chi connectivity index (χ2n) is 5.04. The first-order valence-corrected chi connectivity index (χ1v) is 7.90. The summed E-state index contributed by atoms with van der Waals surface area (Å²) in [6, 6.07) is 3.36. The molecule has 1 unspecified atom stereocenters. The van der Waals surface area contributed by atoms with E-state index in [2.05, 4.69) is 23.9 Å². The van der Waals surface area contributed by atoms with Gasteiger partial charge in [-0.2, -0.15) is 8.78 Å². The van der Waals surface area contributed by atoms with Crippen molar-refractivity contribution in [2.24, 2.45) is 0 Å². The average Bonchev–Trinajstić information content (AvgIpc) is 2.39. The number of rotatable bonds is 9. The van der Waals surface area contributed by atoms with Crippen LogP contribution < -0.4 is 10.1 Å². The maximum Gasteiger partial charge on any atom is 0.387 e. The molecule has 1 aromatic carbocycles. The summed E-state index contributed by atoms with van der Waals surface area (Å²) in [5.74, 6) is -0.186. The largest absolute Gasteiger partial charge is 0.432 e. The number of benzene rings is 1. The van der Waals surface area contributed by atoms with Crippen molar-refractivity contribution < 1.29 is 13.5 Å². The third-order valence-electron chi connectivity index (χ3n) is 3.11. The highest BCUT2D eigenvalue weighted by Gasteiger charge is 2.15. The lowest BCUT2D eigenvalue weighted by molar-refractivity contribution is -0.0497. The Kier molecular flexibility index (Phi) is 8.12. The monoisotopic (exact) mass is 339 g/mol. The molecule has 1 N–H and O–H groups in total. The van der Waals surface area contributed by atoms with Gasteiger partial charge >= 0.3 is 6.61 Å². The van der Waals surface area contributed by atoms with E-state index in [9.17, 15) is 8.78 Å². The van der Waals surface area contributed by atoms with E-state index in [0.717, 1.165) is 12.8 Å². The van der Waals surface area contributed by atoms with E-state index < -0.39 is 6.61 Å². The van der Waals surface area contributed by atoms with Crippen molar-refractivity contribution in [2.45, 2.75) is 58.6 Å². The Labute approximate surface area is 134 Å². The van der Waals surface area contributed by atoms with E-state index in [0.29, 0.717) is 5.69 Å². The first kappa shape index (κ1) is 18.3. The van der Waals surface area contributed by atoms with E-state index in [-0.39, 0.29) is 21.8 Å². The summed E-state index contributed by atoms with van der Waals surface area (Å²) >= 11 is 11.9. The Morgan fingerprint density at radius 1 is 1.14 bits per heavy atom. The molecule has 0 fully saturated rings. The predicted molar refractivity (Wildman–Crippen MR) is 84.9 cm³/mol. The molecule has 6 heteroatoms. The van der Waals surface area contributed by atoms with Gasteiger partial charge in [0.05, 0.1) is 10.0 Å². The van der Waals surface area contributed by atoms with Gasteiger partial charge in [0.1, 0.15) is 0 Å². The maximum atomic E-state index is 12.2. The van der Waals surface area contributed by atoms with Crippen LogP contribution in [0.15, 0.2) is 12.1 Å². The van der Waals surface area contributed by atoms with Gasteiger partial charge in [-0.1, -0.05) is 55.8 Å². The minimum Gasteiger partial charge on any atom is -0.432 e. The smallest absolute Gasteiger partial charge is 0.387 e. The second-order valence-corrected chi connectivity index (χ2v) is 5.86. The van der Waals surface area contributed by atoms with E-state index in [4.69, 9.17) is 23.2 Å². The highest BCUT2D eigenvalue weighted by molar-refractivity contribution is 6.37. The van der Waals surface area contributed by atoms with Crippen LogP contribution in [0.1, 0.15) is 46.0 Å². The number of nitrogens with one attached hydrogen (secondary N) is 1. The van der Waals surface area contributed by atoms with Crippen molar-refractivity contribution in [3.05, 3.63) is 22.2 Å². The van der Waals surface area contributed by atoms with Crippen LogP contribution in [0.5, 0.6) is 5.75 Å². The van der Waals surface area contributed by atoms with E-state index in [1.165, 1.54) is 19.3 Å². The maximum absolute atomic E-state index is 12.2. The molecule has 0 saturated heterocycles. The van der Waals surface area contributed by atoms with Crippen molar-refractivity contribution in [2.75, 3.05) is 5.32 Å². The van der Waals surface area contributed by atoms with Gasteiger partial charge in [-0.25, -0.2) is 0 Å². The molecule has 0 saturated carbocycles. The lowest BCUT2D eigenvalue weighted by Gasteiger charge is -2.17. The van der Waals surface area contributed by atoms with Crippen molar-refractivity contribution in [1.82, 2.24) is 0 Å². The zero-order chi connectivity index (χ0) is 15.8. The summed E-state index contributed by atoms with van der Waals surface area (Å²) in [4.78, 5) is 0. The lowest BCUT2D eigenvalue weighted by atomic mass is 10.1. The molecular weight excluding hydrogens is 319 g/mol. The molecule has 0 amide bonds. The van der Waals surface area contributed by atoms with E-state index in [1.807, 2.05) is 0 Å². The number of alkyl halides is 2. The van der Waals surface area contributed by atoms with Gasteiger partial charge in [-0.15, -0.1) is 0 Å². The second kappa shape index (κ2) is 9.31. The molecule has 120 valence electrons. The van der Waals surface area contributed by atoms with Crippen LogP contribution in [-0.4, -0.2) is 12.7 Å². The fourth-order valence-electron chi connectivity index (χ4n) is 2.08. The topological polar surface area (TPSA) is 21.3 Å². The third-order valence-corrected chi connectivity index (χ3v) is 3.67. The van der Waals surface area contributed by atoms with Gasteiger partial charge < -0.3 is 10.1 Å². The van der Waals surface area contributed by atoms with E-state index in [1.54, 1.807) is 12.1 Å². The van der Waals surface area contributed by atoms with Gasteiger partial charge in [-0.3, -0.25) is 0 Å². The zero-order valence-electron chi connectivity index (χ0n) is 12.3. The number of halogens is 4. The van der Waals surface area contributed by atoms with Gasteiger partial charge in [-0.05, 0) is 25.5 Å². The van der Waals surface area contributed by atoms with Crippen LogP contribution in [-0.2, 0) is 0 Å². The zero-order valence-corrected chi connectivity index (χ0v) is 13.8. The molecule has 0 aliphatic rings. The van der Waals surface area contributed by atoms with Crippen LogP contribution in [0.25, 0.3) is 0 Å². The van der Waals surface area contributed by atoms with Crippen molar-refractivity contribution in [3.8, 4) is 5.75 Å². The summed E-state index contributed by atoms with van der Waals surface area (Å²) in [5.41, 5.74) is 0.703. The van der Waals surface area contributed by atoms with Crippen molar-refractivity contribution >= 4 is 28.9 Å². The minimum atomic E-state index is -2.95. The predicted octanol–water partition coefficient (Wildman–Crippen LogP) is 6.37. The fraction of sp³-hybridized carbons (Fsp3) is 0.600. The Morgan fingerprint density at radius 3 is 2.29 bits per heavy atom. The summed E-state index contributed by atoms with van der Waals surface area (Å²) in [5, 5.41) is 3.41.